The molecule has 0 aromatic heterocycles. The number of amides is 1. The van der Waals surface area contributed by atoms with Crippen molar-refractivity contribution in [1.29, 1.82) is 0 Å². The predicted molar refractivity (Wildman–Crippen MR) is 78.0 cm³/mol. The van der Waals surface area contributed by atoms with Crippen LogP contribution in [0.2, 0.25) is 0 Å². The van der Waals surface area contributed by atoms with Gasteiger partial charge in [-0.3, -0.25) is 9.59 Å². The third kappa shape index (κ3) is 3.09. The number of nitrogens with two attached hydrogens (primary N) is 1. The van der Waals surface area contributed by atoms with Crippen LogP contribution >= 0.6 is 0 Å². The van der Waals surface area contributed by atoms with Gasteiger partial charge in [0.05, 0.1) is 0 Å². The third-order valence-corrected chi connectivity index (χ3v) is 4.92. The van der Waals surface area contributed by atoms with E-state index in [-0.39, 0.29) is 5.97 Å². The maximum absolute atomic E-state index is 12.1. The molecule has 21 heavy (non-hydrogen) atoms. The van der Waals surface area contributed by atoms with Crippen molar-refractivity contribution in [3.63, 3.8) is 0 Å². The molecule has 3 rings (SSSR count). The van der Waals surface area contributed by atoms with Gasteiger partial charge in [-0.1, -0.05) is 36.8 Å². The van der Waals surface area contributed by atoms with Crippen LogP contribution in [0.5, 0.6) is 0 Å². The van der Waals surface area contributed by atoms with Crippen LogP contribution in [0, 0.1) is 17.8 Å². The molecule has 0 heterocycles. The Morgan fingerprint density at radius 1 is 1.19 bits per heavy atom. The van der Waals surface area contributed by atoms with Gasteiger partial charge < -0.3 is 10.5 Å². The van der Waals surface area contributed by atoms with E-state index in [1.165, 1.54) is 19.3 Å². The summed E-state index contributed by atoms with van der Waals surface area (Å²) in [7, 11) is 0. The number of fused-ring (bicyclic) bond motifs is 2. The fraction of sp³-hybridized carbons (Fsp3) is 0.529. The molecule has 2 saturated carbocycles. The second-order valence-electron chi connectivity index (χ2n) is 6.32. The Morgan fingerprint density at radius 3 is 2.52 bits per heavy atom. The number of benzene rings is 1. The van der Waals surface area contributed by atoms with Crippen molar-refractivity contribution < 1.29 is 14.3 Å². The summed E-state index contributed by atoms with van der Waals surface area (Å²) in [6.07, 6.45) is 4.38. The van der Waals surface area contributed by atoms with Crippen LogP contribution in [0.4, 0.5) is 0 Å². The lowest BCUT2D eigenvalue weighted by atomic mass is 9.86. The van der Waals surface area contributed by atoms with Gasteiger partial charge in [0.15, 0.2) is 0 Å². The Hall–Kier alpha value is -1.84. The highest BCUT2D eigenvalue weighted by Gasteiger charge is 2.40. The van der Waals surface area contributed by atoms with Gasteiger partial charge in [0.25, 0.3) is 5.91 Å². The number of rotatable bonds is 5. The average molecular weight is 287 g/mol. The normalized spacial score (nSPS) is 28.3. The van der Waals surface area contributed by atoms with Gasteiger partial charge in [-0.15, -0.1) is 0 Å². The molecule has 0 radical (unpaired) electrons. The summed E-state index contributed by atoms with van der Waals surface area (Å²) >= 11 is 0. The van der Waals surface area contributed by atoms with E-state index < -0.39 is 12.0 Å². The molecule has 0 saturated heterocycles. The zero-order valence-electron chi connectivity index (χ0n) is 12.0. The van der Waals surface area contributed by atoms with Crippen molar-refractivity contribution >= 4 is 11.9 Å². The van der Waals surface area contributed by atoms with E-state index in [4.69, 9.17) is 10.5 Å². The summed E-state index contributed by atoms with van der Waals surface area (Å²) in [4.78, 5) is 23.7. The summed E-state index contributed by atoms with van der Waals surface area (Å²) in [5, 5.41) is 0. The molecule has 4 unspecified atom stereocenters. The molecule has 4 nitrogen and oxygen atoms in total. The molecule has 1 aromatic rings. The Bertz CT molecular complexity index is 528. The lowest BCUT2D eigenvalue weighted by Crippen LogP contribution is -2.27. The number of hydrogen-bond donors (Lipinski definition) is 1. The molecule has 4 atom stereocenters. The monoisotopic (exact) mass is 287 g/mol. The van der Waals surface area contributed by atoms with Crippen molar-refractivity contribution in [2.45, 2.75) is 38.2 Å². The minimum atomic E-state index is -0.975. The highest BCUT2D eigenvalue weighted by Crippen LogP contribution is 2.49. The minimum Gasteiger partial charge on any atom is -0.447 e. The molecule has 2 N–H and O–H groups in total. The van der Waals surface area contributed by atoms with Gasteiger partial charge in [-0.25, -0.2) is 0 Å². The molecule has 0 aliphatic heterocycles. The zero-order chi connectivity index (χ0) is 14.8. The van der Waals surface area contributed by atoms with Crippen molar-refractivity contribution in [2.75, 3.05) is 0 Å². The van der Waals surface area contributed by atoms with Crippen LogP contribution in [0.15, 0.2) is 30.3 Å². The van der Waals surface area contributed by atoms with Crippen molar-refractivity contribution in [3.8, 4) is 0 Å². The van der Waals surface area contributed by atoms with Crippen molar-refractivity contribution in [1.82, 2.24) is 0 Å². The average Bonchev–Trinajstić information content (AvgIpc) is 3.08. The van der Waals surface area contributed by atoms with Crippen LogP contribution in [0.3, 0.4) is 0 Å². The molecule has 0 spiro atoms. The second kappa shape index (κ2) is 5.88. The first-order chi connectivity index (χ1) is 10.1. The first kappa shape index (κ1) is 14.1. The zero-order valence-corrected chi connectivity index (χ0v) is 12.0. The number of esters is 1. The molecule has 2 aliphatic carbocycles. The number of primary amides is 1. The van der Waals surface area contributed by atoms with E-state index in [1.807, 2.05) is 6.07 Å². The van der Waals surface area contributed by atoms with E-state index in [9.17, 15) is 9.59 Å². The molecule has 2 fully saturated rings. The molecule has 1 amide bonds. The van der Waals surface area contributed by atoms with E-state index in [0.717, 1.165) is 12.3 Å². The smallest absolute Gasteiger partial charge is 0.307 e. The molecule has 4 heteroatoms. The van der Waals surface area contributed by atoms with Gasteiger partial charge in [0, 0.05) is 12.0 Å². The van der Waals surface area contributed by atoms with Crippen molar-refractivity contribution in [3.05, 3.63) is 35.9 Å². The van der Waals surface area contributed by atoms with Crippen LogP contribution in [-0.4, -0.2) is 11.9 Å². The highest BCUT2D eigenvalue weighted by atomic mass is 16.5. The second-order valence-corrected chi connectivity index (χ2v) is 6.32. The lowest BCUT2D eigenvalue weighted by Gasteiger charge is -2.22. The fourth-order valence-electron chi connectivity index (χ4n) is 3.94. The molecule has 112 valence electrons. The summed E-state index contributed by atoms with van der Waals surface area (Å²) in [5.41, 5.74) is 6.00. The summed E-state index contributed by atoms with van der Waals surface area (Å²) < 4.78 is 5.35. The Labute approximate surface area is 124 Å². The number of carbonyl (C=O) groups excluding carboxylic acids is 2. The number of hydrogen-bond acceptors (Lipinski definition) is 3. The Kier molecular flexibility index (Phi) is 3.95. The van der Waals surface area contributed by atoms with E-state index >= 15 is 0 Å². The van der Waals surface area contributed by atoms with Gasteiger partial charge in [0.2, 0.25) is 6.10 Å². The van der Waals surface area contributed by atoms with Gasteiger partial charge in [-0.2, -0.15) is 0 Å². The molecule has 1 aromatic carbocycles. The maximum Gasteiger partial charge on any atom is 0.307 e. The van der Waals surface area contributed by atoms with Crippen LogP contribution in [-0.2, 0) is 14.3 Å². The van der Waals surface area contributed by atoms with Gasteiger partial charge in [0.1, 0.15) is 0 Å². The molecular formula is C17H21NO3. The summed E-state index contributed by atoms with van der Waals surface area (Å²) in [6, 6.07) is 8.95. The van der Waals surface area contributed by atoms with Crippen LogP contribution in [0.25, 0.3) is 0 Å². The number of ether oxygens (including phenoxy) is 1. The predicted octanol–water partition coefficient (Wildman–Crippen LogP) is 2.58. The van der Waals surface area contributed by atoms with E-state index in [0.29, 0.717) is 23.8 Å². The first-order valence-corrected chi connectivity index (χ1v) is 7.67. The van der Waals surface area contributed by atoms with E-state index in [1.54, 1.807) is 24.3 Å². The fourth-order valence-corrected chi connectivity index (χ4v) is 3.94. The van der Waals surface area contributed by atoms with Crippen LogP contribution < -0.4 is 5.73 Å². The van der Waals surface area contributed by atoms with Crippen molar-refractivity contribution in [2.24, 2.45) is 23.5 Å². The van der Waals surface area contributed by atoms with Gasteiger partial charge in [-0.05, 0) is 37.0 Å². The Balaban J connectivity index is 1.61. The molecular weight excluding hydrogens is 266 g/mol. The third-order valence-electron chi connectivity index (χ3n) is 4.92. The number of carbonyl (C=O) groups is 2. The lowest BCUT2D eigenvalue weighted by molar-refractivity contribution is -0.156. The SMILES string of the molecule is NC(=O)C(OC(=O)CC1CC2CCC1C2)c1ccccc1. The Morgan fingerprint density at radius 2 is 1.95 bits per heavy atom. The summed E-state index contributed by atoms with van der Waals surface area (Å²) in [5.74, 6) is 0.975. The quantitative estimate of drug-likeness (QED) is 0.846. The highest BCUT2D eigenvalue weighted by molar-refractivity contribution is 5.83. The maximum atomic E-state index is 12.1. The topological polar surface area (TPSA) is 69.4 Å². The molecule has 2 aliphatic rings. The first-order valence-electron chi connectivity index (χ1n) is 7.67. The van der Waals surface area contributed by atoms with E-state index in [2.05, 4.69) is 0 Å². The standard InChI is InChI=1S/C17H21NO3/c18-17(20)16(12-4-2-1-3-5-12)21-15(19)10-14-9-11-6-7-13(14)8-11/h1-5,11,13-14,16H,6-10H2,(H2,18,20). The van der Waals surface area contributed by atoms with Crippen LogP contribution in [0.1, 0.15) is 43.8 Å². The van der Waals surface area contributed by atoms with Gasteiger partial charge >= 0.3 is 5.97 Å². The largest absolute Gasteiger partial charge is 0.447 e. The summed E-state index contributed by atoms with van der Waals surface area (Å²) in [6.45, 7) is 0. The minimum absolute atomic E-state index is 0.305. The molecule has 2 bridgehead atoms.